The van der Waals surface area contributed by atoms with Gasteiger partial charge in [-0.25, -0.2) is 4.79 Å². The first-order chi connectivity index (χ1) is 15.2. The number of unbranched alkanes of at least 4 members (excludes halogenated alkanes) is 1. The third-order valence-electron chi connectivity index (χ3n) is 6.25. The van der Waals surface area contributed by atoms with Gasteiger partial charge in [0.25, 0.3) is 0 Å². The van der Waals surface area contributed by atoms with Crippen LogP contribution in [0.5, 0.6) is 0 Å². The number of hydrogen-bond acceptors (Lipinski definition) is 4. The van der Waals surface area contributed by atoms with Gasteiger partial charge in [0.1, 0.15) is 0 Å². The summed E-state index contributed by atoms with van der Waals surface area (Å²) in [4.78, 5) is 32.9. The van der Waals surface area contributed by atoms with Gasteiger partial charge in [-0.05, 0) is 35.4 Å². The van der Waals surface area contributed by atoms with E-state index in [1.54, 1.807) is 0 Å². The molecule has 6 nitrogen and oxygen atoms in total. The van der Waals surface area contributed by atoms with Crippen molar-refractivity contribution >= 4 is 23.3 Å². The average Bonchev–Trinajstić information content (AvgIpc) is 3.28. The number of piperazine rings is 1. The second-order valence-corrected chi connectivity index (χ2v) is 9.29. The number of benzene rings is 1. The lowest BCUT2D eigenvalue weighted by molar-refractivity contribution is -0.134. The van der Waals surface area contributed by atoms with Crippen LogP contribution in [-0.2, 0) is 11.2 Å². The summed E-state index contributed by atoms with van der Waals surface area (Å²) < 4.78 is 0. The van der Waals surface area contributed by atoms with Gasteiger partial charge < -0.3 is 15.1 Å². The van der Waals surface area contributed by atoms with Crippen LogP contribution in [0.4, 0.5) is 4.79 Å². The van der Waals surface area contributed by atoms with E-state index >= 15 is 0 Å². The minimum Gasteiger partial charge on any atom is -0.338 e. The van der Waals surface area contributed by atoms with Crippen LogP contribution >= 0.6 is 11.3 Å². The van der Waals surface area contributed by atoms with Crippen molar-refractivity contribution in [3.05, 3.63) is 57.8 Å². The minimum atomic E-state index is -0.00860. The second kappa shape index (κ2) is 10.3. The first-order valence-corrected chi connectivity index (χ1v) is 12.2. The number of rotatable bonds is 6. The monoisotopic (exact) mass is 440 g/mol. The zero-order valence-electron chi connectivity index (χ0n) is 18.3. The van der Waals surface area contributed by atoms with Gasteiger partial charge in [-0.2, -0.15) is 0 Å². The normalized spacial score (nSPS) is 19.2. The molecule has 0 saturated carbocycles. The van der Waals surface area contributed by atoms with E-state index in [0.29, 0.717) is 32.7 Å². The molecule has 0 bridgehead atoms. The molecule has 1 aromatic heterocycles. The molecule has 1 fully saturated rings. The van der Waals surface area contributed by atoms with Crippen molar-refractivity contribution in [2.75, 3.05) is 45.8 Å². The van der Waals surface area contributed by atoms with E-state index in [1.165, 1.54) is 16.0 Å². The summed E-state index contributed by atoms with van der Waals surface area (Å²) in [6.07, 6.45) is 3.06. The highest BCUT2D eigenvalue weighted by molar-refractivity contribution is 7.10. The van der Waals surface area contributed by atoms with E-state index in [-0.39, 0.29) is 18.0 Å². The fourth-order valence-electron chi connectivity index (χ4n) is 4.48. The van der Waals surface area contributed by atoms with E-state index in [2.05, 4.69) is 52.9 Å². The Balaban J connectivity index is 1.37. The van der Waals surface area contributed by atoms with Crippen molar-refractivity contribution in [3.63, 3.8) is 0 Å². The number of carbonyl (C=O) groups is 2. The van der Waals surface area contributed by atoms with E-state index < -0.39 is 0 Å². The molecule has 0 radical (unpaired) electrons. The molecular weight excluding hydrogens is 408 g/mol. The molecule has 3 heterocycles. The van der Waals surface area contributed by atoms with E-state index in [0.717, 1.165) is 32.4 Å². The summed E-state index contributed by atoms with van der Waals surface area (Å²) in [7, 11) is 0. The van der Waals surface area contributed by atoms with Crippen LogP contribution in [0, 0.1) is 0 Å². The third-order valence-corrected chi connectivity index (χ3v) is 7.24. The van der Waals surface area contributed by atoms with Crippen LogP contribution in [0.2, 0.25) is 0 Å². The Bertz CT molecular complexity index is 877. The number of nitrogens with zero attached hydrogens (tertiary/aromatic N) is 3. The van der Waals surface area contributed by atoms with E-state index in [9.17, 15) is 9.59 Å². The molecule has 2 aliphatic rings. The molecule has 2 aromatic rings. The number of fused-ring (bicyclic) bond motifs is 1. The summed E-state index contributed by atoms with van der Waals surface area (Å²) in [5.41, 5.74) is 2.58. The van der Waals surface area contributed by atoms with Crippen LogP contribution in [0.3, 0.4) is 0 Å². The zero-order valence-corrected chi connectivity index (χ0v) is 19.1. The Morgan fingerprint density at radius 1 is 1.03 bits per heavy atom. The zero-order chi connectivity index (χ0) is 21.6. The molecule has 1 unspecified atom stereocenters. The largest absolute Gasteiger partial charge is 0.338 e. The maximum Gasteiger partial charge on any atom is 0.317 e. The summed E-state index contributed by atoms with van der Waals surface area (Å²) >= 11 is 1.82. The summed E-state index contributed by atoms with van der Waals surface area (Å²) in [5.74, 6) is 0.158. The standard InChI is InChI=1S/C24H32N4O2S/c1-2-3-11-25-24(30)27-15-13-26(14-16-27)22(29)18-28-12-9-21-20(10-17-31-21)23(28)19-7-5-4-6-8-19/h4-8,10,17,23H,2-3,9,11-16,18H2,1H3,(H,25,30). The lowest BCUT2D eigenvalue weighted by atomic mass is 9.93. The van der Waals surface area contributed by atoms with E-state index in [4.69, 9.17) is 0 Å². The molecule has 0 aliphatic carbocycles. The number of urea groups is 1. The Hall–Kier alpha value is -2.38. The van der Waals surface area contributed by atoms with Gasteiger partial charge in [-0.15, -0.1) is 11.3 Å². The number of amides is 3. The third kappa shape index (κ3) is 5.10. The maximum absolute atomic E-state index is 13.1. The van der Waals surface area contributed by atoms with Crippen LogP contribution in [0.15, 0.2) is 41.8 Å². The van der Waals surface area contributed by atoms with Crippen LogP contribution < -0.4 is 5.32 Å². The van der Waals surface area contributed by atoms with Gasteiger partial charge in [0.2, 0.25) is 5.91 Å². The Kier molecular flexibility index (Phi) is 7.25. The SMILES string of the molecule is CCCCNC(=O)N1CCN(C(=O)CN2CCc3sccc3C2c2ccccc2)CC1. The summed E-state index contributed by atoms with van der Waals surface area (Å²) in [6.45, 7) is 6.54. The molecule has 1 saturated heterocycles. The smallest absolute Gasteiger partial charge is 0.317 e. The summed E-state index contributed by atoms with van der Waals surface area (Å²) in [5, 5.41) is 5.13. The van der Waals surface area contributed by atoms with E-state index in [1.807, 2.05) is 27.2 Å². The van der Waals surface area contributed by atoms with Crippen LogP contribution in [-0.4, -0.2) is 72.5 Å². The average molecular weight is 441 g/mol. The first-order valence-electron chi connectivity index (χ1n) is 11.3. The van der Waals surface area contributed by atoms with Gasteiger partial charge >= 0.3 is 6.03 Å². The van der Waals surface area contributed by atoms with Crippen LogP contribution in [0.1, 0.15) is 41.8 Å². The predicted molar refractivity (Wildman–Crippen MR) is 124 cm³/mol. The second-order valence-electron chi connectivity index (χ2n) is 8.29. The lowest BCUT2D eigenvalue weighted by Crippen LogP contribution is -2.55. The van der Waals surface area contributed by atoms with Crippen molar-refractivity contribution in [1.29, 1.82) is 0 Å². The van der Waals surface area contributed by atoms with Crippen molar-refractivity contribution < 1.29 is 9.59 Å². The van der Waals surface area contributed by atoms with Gasteiger partial charge in [0, 0.05) is 44.1 Å². The molecule has 1 atom stereocenters. The molecule has 166 valence electrons. The summed E-state index contributed by atoms with van der Waals surface area (Å²) in [6, 6.07) is 12.8. The van der Waals surface area contributed by atoms with Crippen molar-refractivity contribution in [1.82, 2.24) is 20.0 Å². The Morgan fingerprint density at radius 3 is 2.52 bits per heavy atom. The maximum atomic E-state index is 13.1. The quantitative estimate of drug-likeness (QED) is 0.701. The highest BCUT2D eigenvalue weighted by atomic mass is 32.1. The lowest BCUT2D eigenvalue weighted by Gasteiger charge is -2.39. The fraction of sp³-hybridized carbons (Fsp3) is 0.500. The molecule has 4 rings (SSSR count). The minimum absolute atomic E-state index is 0.00860. The van der Waals surface area contributed by atoms with Gasteiger partial charge in [-0.3, -0.25) is 9.69 Å². The Labute approximate surface area is 188 Å². The van der Waals surface area contributed by atoms with Gasteiger partial charge in [0.05, 0.1) is 12.6 Å². The number of hydrogen-bond donors (Lipinski definition) is 1. The highest BCUT2D eigenvalue weighted by Gasteiger charge is 2.32. The van der Waals surface area contributed by atoms with Gasteiger partial charge in [-0.1, -0.05) is 43.7 Å². The van der Waals surface area contributed by atoms with Crippen molar-refractivity contribution in [2.45, 2.75) is 32.2 Å². The molecule has 1 N–H and O–H groups in total. The fourth-order valence-corrected chi connectivity index (χ4v) is 5.38. The highest BCUT2D eigenvalue weighted by Crippen LogP contribution is 2.37. The number of carbonyl (C=O) groups excluding carboxylic acids is 2. The van der Waals surface area contributed by atoms with Crippen molar-refractivity contribution in [2.24, 2.45) is 0 Å². The van der Waals surface area contributed by atoms with Crippen molar-refractivity contribution in [3.8, 4) is 0 Å². The molecule has 1 aromatic carbocycles. The molecule has 7 heteroatoms. The van der Waals surface area contributed by atoms with Gasteiger partial charge in [0.15, 0.2) is 0 Å². The molecular formula is C24H32N4O2S. The number of thiophene rings is 1. The molecule has 3 amide bonds. The topological polar surface area (TPSA) is 55.9 Å². The molecule has 0 spiro atoms. The molecule has 2 aliphatic heterocycles. The van der Waals surface area contributed by atoms with Crippen LogP contribution in [0.25, 0.3) is 0 Å². The predicted octanol–water partition coefficient (Wildman–Crippen LogP) is 3.35. The number of nitrogens with one attached hydrogen (secondary N) is 1. The molecule has 31 heavy (non-hydrogen) atoms. The Morgan fingerprint density at radius 2 is 1.77 bits per heavy atom. The first kappa shape index (κ1) is 21.8.